The first-order valence-electron chi connectivity index (χ1n) is 27.9. The van der Waals surface area contributed by atoms with Gasteiger partial charge < -0.3 is 114 Å². The molecule has 4 saturated heterocycles. The Balaban J connectivity index is 0.982. The zero-order valence-electron chi connectivity index (χ0n) is 45.9. The second-order valence-electron chi connectivity index (χ2n) is 25.9. The lowest BCUT2D eigenvalue weighted by atomic mass is 9.33. The Hall–Kier alpha value is -2.16. The van der Waals surface area contributed by atoms with Gasteiger partial charge in [0, 0.05) is 12.3 Å². The van der Waals surface area contributed by atoms with E-state index in [1.807, 2.05) is 6.92 Å². The van der Waals surface area contributed by atoms with Gasteiger partial charge in [0.1, 0.15) is 72.6 Å². The fraction of sp³-hybridized carbons (Fsp3) is 0.926. The van der Waals surface area contributed by atoms with Crippen molar-refractivity contribution in [2.24, 2.45) is 50.2 Å². The maximum atomic E-state index is 15.4. The molecule has 9 aliphatic rings. The topological polar surface area (TPSA) is 400 Å². The summed E-state index contributed by atoms with van der Waals surface area (Å²) >= 11 is 0. The first-order valence-corrected chi connectivity index (χ1v) is 27.9. The van der Waals surface area contributed by atoms with Gasteiger partial charge in [0.15, 0.2) is 31.1 Å². The van der Waals surface area contributed by atoms with Crippen LogP contribution in [0.2, 0.25) is 0 Å². The Labute approximate surface area is 458 Å². The average Bonchev–Trinajstić information content (AvgIpc) is 3.07. The van der Waals surface area contributed by atoms with Gasteiger partial charge in [-0.2, -0.15) is 0 Å². The number of carbonyl (C=O) groups excluding carboxylic acids is 2. The second kappa shape index (κ2) is 22.4. The molecule has 0 aromatic rings. The Morgan fingerprint density at radius 2 is 1.24 bits per heavy atom. The molecule has 0 bridgehead atoms. The van der Waals surface area contributed by atoms with Gasteiger partial charge in [0.2, 0.25) is 6.29 Å². The van der Waals surface area contributed by atoms with Crippen LogP contribution in [0.4, 0.5) is 0 Å². The Morgan fingerprint density at radius 1 is 0.620 bits per heavy atom. The molecule has 5 aliphatic carbocycles. The minimum atomic E-state index is -1.90. The molecule has 8 fully saturated rings. The molecular weight excluding hydrogens is 1050 g/mol. The van der Waals surface area contributed by atoms with Crippen molar-refractivity contribution in [3.63, 3.8) is 0 Å². The van der Waals surface area contributed by atoms with Crippen LogP contribution in [-0.2, 0) is 52.2 Å². The van der Waals surface area contributed by atoms with Gasteiger partial charge in [-0.05, 0) is 97.7 Å². The summed E-state index contributed by atoms with van der Waals surface area (Å²) < 4.78 is 53.0. The summed E-state index contributed by atoms with van der Waals surface area (Å²) in [6, 6.07) is 0. The van der Waals surface area contributed by atoms with Crippen molar-refractivity contribution in [3.8, 4) is 0 Å². The summed E-state index contributed by atoms with van der Waals surface area (Å²) in [7, 11) is 0. The van der Waals surface area contributed by atoms with Gasteiger partial charge in [-0.25, -0.2) is 0 Å². The van der Waals surface area contributed by atoms with Crippen molar-refractivity contribution in [1.29, 1.82) is 0 Å². The summed E-state index contributed by atoms with van der Waals surface area (Å²) in [5.41, 5.74) is -4.70. The van der Waals surface area contributed by atoms with Crippen LogP contribution in [0, 0.1) is 50.2 Å². The quantitative estimate of drug-likeness (QED) is 0.0518. The third kappa shape index (κ3) is 9.95. The number of fused-ring (bicyclic) bond motifs is 7. The second-order valence-corrected chi connectivity index (χ2v) is 25.9. The van der Waals surface area contributed by atoms with Crippen molar-refractivity contribution in [2.45, 2.75) is 229 Å². The van der Waals surface area contributed by atoms with Crippen LogP contribution in [0.5, 0.6) is 0 Å². The summed E-state index contributed by atoms with van der Waals surface area (Å²) in [6.07, 6.45) is -28.5. The molecule has 79 heavy (non-hydrogen) atoms. The standard InChI is InChI=1S/C54H86O25/c1-22-40(76-44-37(67)33(63)27(60)18-71-44)41(74-23(2)58)39(69)46(73-22)77-42-34(64)28(61)19-72-47(42)79-48(70)54-13-12-49(3,4)14-25(54)24-8-9-30-50(5)15-26(59)43(78-45-38(68)36(66)35(65)29(17-55)75-45)53(20-56,21-57)31(50)10-11-51(30,6)52(24,7)16-32(54)62/h8,22,25-47,55-57,59-69H,9-21H2,1-7H3/t22-,25-,26-,27+,28-,29+,30+,31+,32+,33-,34-,35+,36-,37+,38+,39+,40-,41-,42+,43-,44-,45-,46-,47-,50+,51+,52+,54+/m0/s1. The SMILES string of the molecule is CC(=O)O[C@H]1[C@@H](O)[C@H](O[C@H]2[C@H](OC(=O)[C@]34CCC(C)(C)C[C@H]3C3=CC[C@@H]5[C@@]6(C)C[C@H](O)[C@H](O[C@@H]7O[C@H](CO)[C@@H](O)[C@H](O)[C@H]7O)C(CO)(CO)[C@@H]6CC[C@@]5(C)[C@]3(C)C[C@H]4O)OC[C@H](O)[C@@H]2O)O[C@@H](C)[C@@H]1O[C@@H]1OC[C@@H](O)[C@H](O)[C@H]1O. The molecule has 0 aromatic carbocycles. The van der Waals surface area contributed by atoms with Crippen molar-refractivity contribution in [3.05, 3.63) is 11.6 Å². The van der Waals surface area contributed by atoms with Crippen molar-refractivity contribution < 1.29 is 124 Å². The van der Waals surface area contributed by atoms with Crippen LogP contribution in [0.1, 0.15) is 99.8 Å². The minimum absolute atomic E-state index is 0.0885. The van der Waals surface area contributed by atoms with E-state index in [4.69, 9.17) is 42.6 Å². The van der Waals surface area contributed by atoms with Crippen LogP contribution in [-0.4, -0.2) is 245 Å². The number of hydrogen-bond donors (Lipinski definition) is 14. The first kappa shape index (κ1) is 61.4. The number of aliphatic hydroxyl groups excluding tert-OH is 14. The Morgan fingerprint density at radius 3 is 1.89 bits per heavy atom. The van der Waals surface area contributed by atoms with Crippen LogP contribution in [0.3, 0.4) is 0 Å². The predicted molar refractivity (Wildman–Crippen MR) is 265 cm³/mol. The molecule has 28 atom stereocenters. The monoisotopic (exact) mass is 1130 g/mol. The number of hydrogen-bond acceptors (Lipinski definition) is 25. The summed E-state index contributed by atoms with van der Waals surface area (Å²) in [5.74, 6) is -3.07. The van der Waals surface area contributed by atoms with E-state index in [0.717, 1.165) is 12.5 Å². The predicted octanol–water partition coefficient (Wildman–Crippen LogP) is -3.27. The highest BCUT2D eigenvalue weighted by molar-refractivity contribution is 5.80. The van der Waals surface area contributed by atoms with Crippen molar-refractivity contribution in [1.82, 2.24) is 0 Å². The smallest absolute Gasteiger partial charge is 0.317 e. The first-order chi connectivity index (χ1) is 37.0. The van der Waals surface area contributed by atoms with E-state index in [2.05, 4.69) is 33.8 Å². The largest absolute Gasteiger partial charge is 0.457 e. The van der Waals surface area contributed by atoms with Gasteiger partial charge in [-0.3, -0.25) is 9.59 Å². The fourth-order valence-electron chi connectivity index (χ4n) is 16.5. The van der Waals surface area contributed by atoms with Crippen LogP contribution in [0.25, 0.3) is 0 Å². The van der Waals surface area contributed by atoms with E-state index in [1.54, 1.807) is 0 Å². The van der Waals surface area contributed by atoms with E-state index in [-0.39, 0.29) is 30.6 Å². The summed E-state index contributed by atoms with van der Waals surface area (Å²) in [4.78, 5) is 27.9. The maximum Gasteiger partial charge on any atom is 0.317 e. The van der Waals surface area contributed by atoms with Crippen LogP contribution < -0.4 is 0 Å². The van der Waals surface area contributed by atoms with E-state index < -0.39 is 213 Å². The lowest BCUT2D eigenvalue weighted by Gasteiger charge is -2.72. The zero-order valence-corrected chi connectivity index (χ0v) is 45.9. The minimum Gasteiger partial charge on any atom is -0.457 e. The van der Waals surface area contributed by atoms with Gasteiger partial charge in [0.05, 0.1) is 57.5 Å². The van der Waals surface area contributed by atoms with Gasteiger partial charge in [0.25, 0.3) is 0 Å². The molecular formula is C54H86O25. The molecule has 9 rings (SSSR count). The molecule has 0 aromatic heterocycles. The molecule has 452 valence electrons. The molecule has 4 saturated carbocycles. The lowest BCUT2D eigenvalue weighted by molar-refractivity contribution is -0.369. The molecule has 4 heterocycles. The zero-order chi connectivity index (χ0) is 57.9. The fourth-order valence-corrected chi connectivity index (χ4v) is 16.5. The highest BCUT2D eigenvalue weighted by atomic mass is 16.8. The number of esters is 2. The third-order valence-corrected chi connectivity index (χ3v) is 21.1. The Bertz CT molecular complexity index is 2210. The Kier molecular flexibility index (Phi) is 17.4. The molecule has 4 aliphatic heterocycles. The number of allylic oxidation sites excluding steroid dienone is 2. The van der Waals surface area contributed by atoms with E-state index >= 15 is 4.79 Å². The summed E-state index contributed by atoms with van der Waals surface area (Å²) in [5, 5.41) is 155. The van der Waals surface area contributed by atoms with E-state index in [9.17, 15) is 76.3 Å². The molecule has 25 nitrogen and oxygen atoms in total. The number of carbonyl (C=O) groups is 2. The highest BCUT2D eigenvalue weighted by Crippen LogP contribution is 2.76. The maximum absolute atomic E-state index is 15.4. The molecule has 25 heteroatoms. The van der Waals surface area contributed by atoms with Crippen LogP contribution in [0.15, 0.2) is 11.6 Å². The molecule has 14 N–H and O–H groups in total. The van der Waals surface area contributed by atoms with Crippen LogP contribution >= 0.6 is 0 Å². The molecule has 0 unspecified atom stereocenters. The van der Waals surface area contributed by atoms with Crippen molar-refractivity contribution in [2.75, 3.05) is 33.0 Å². The van der Waals surface area contributed by atoms with Crippen molar-refractivity contribution >= 4 is 11.9 Å². The number of rotatable bonds is 12. The number of ether oxygens (including phenoxy) is 9. The van der Waals surface area contributed by atoms with E-state index in [0.29, 0.717) is 32.1 Å². The molecule has 0 radical (unpaired) electrons. The summed E-state index contributed by atoms with van der Waals surface area (Å²) in [6.45, 7) is 10.1. The molecule has 0 amide bonds. The number of aliphatic hydroxyl groups is 14. The van der Waals surface area contributed by atoms with Gasteiger partial charge in [-0.15, -0.1) is 0 Å². The van der Waals surface area contributed by atoms with Gasteiger partial charge >= 0.3 is 11.9 Å². The van der Waals surface area contributed by atoms with E-state index in [1.165, 1.54) is 6.92 Å². The van der Waals surface area contributed by atoms with Gasteiger partial charge in [-0.1, -0.05) is 46.3 Å². The third-order valence-electron chi connectivity index (χ3n) is 21.1. The average molecular weight is 1140 g/mol. The normalized spacial score (nSPS) is 52.3. The highest BCUT2D eigenvalue weighted by Gasteiger charge is 2.74. The lowest BCUT2D eigenvalue weighted by Crippen LogP contribution is -2.71. The molecule has 0 spiro atoms.